The first kappa shape index (κ1) is 13.5. The Morgan fingerprint density at radius 1 is 1.26 bits per heavy atom. The van der Waals surface area contributed by atoms with Crippen molar-refractivity contribution < 1.29 is 14.2 Å². The minimum atomic E-state index is -0.631. The minimum absolute atomic E-state index is 0.350. The molecule has 2 aromatic rings. The van der Waals surface area contributed by atoms with E-state index in [0.717, 1.165) is 11.3 Å². The SMILES string of the molecule is COc1cc(NCc2ccc(O)c(F)c2)ccc1Cl. The molecular weight excluding hydrogens is 269 g/mol. The highest BCUT2D eigenvalue weighted by molar-refractivity contribution is 6.32. The maximum absolute atomic E-state index is 13.2. The number of ether oxygens (including phenoxy) is 1. The molecule has 0 spiro atoms. The highest BCUT2D eigenvalue weighted by Gasteiger charge is 2.04. The zero-order valence-corrected chi connectivity index (χ0v) is 11.0. The summed E-state index contributed by atoms with van der Waals surface area (Å²) in [5.74, 6) is -0.409. The lowest BCUT2D eigenvalue weighted by Crippen LogP contribution is -2.00. The number of hydrogen-bond donors (Lipinski definition) is 2. The predicted octanol–water partition coefficient (Wildman–Crippen LogP) is 3.81. The molecule has 0 unspecified atom stereocenters. The topological polar surface area (TPSA) is 41.5 Å². The Morgan fingerprint density at radius 2 is 2.05 bits per heavy atom. The molecule has 2 rings (SSSR count). The number of nitrogens with one attached hydrogen (secondary N) is 1. The van der Waals surface area contributed by atoms with Crippen molar-refractivity contribution in [1.29, 1.82) is 0 Å². The summed E-state index contributed by atoms with van der Waals surface area (Å²) in [6.07, 6.45) is 0. The Hall–Kier alpha value is -1.94. The summed E-state index contributed by atoms with van der Waals surface area (Å²) in [4.78, 5) is 0. The molecule has 2 N–H and O–H groups in total. The third kappa shape index (κ3) is 3.29. The molecule has 19 heavy (non-hydrogen) atoms. The van der Waals surface area contributed by atoms with Gasteiger partial charge < -0.3 is 15.2 Å². The summed E-state index contributed by atoms with van der Waals surface area (Å²) in [7, 11) is 1.54. The van der Waals surface area contributed by atoms with Gasteiger partial charge in [0, 0.05) is 18.3 Å². The van der Waals surface area contributed by atoms with E-state index in [0.29, 0.717) is 17.3 Å². The molecule has 0 aliphatic carbocycles. The third-order valence-electron chi connectivity index (χ3n) is 2.66. The van der Waals surface area contributed by atoms with Gasteiger partial charge in [0.15, 0.2) is 11.6 Å². The smallest absolute Gasteiger partial charge is 0.165 e. The van der Waals surface area contributed by atoms with Gasteiger partial charge in [0.2, 0.25) is 0 Å². The number of rotatable bonds is 4. The molecule has 3 nitrogen and oxygen atoms in total. The van der Waals surface area contributed by atoms with Crippen LogP contribution in [0.4, 0.5) is 10.1 Å². The van der Waals surface area contributed by atoms with Crippen molar-refractivity contribution in [3.8, 4) is 11.5 Å². The molecule has 0 amide bonds. The van der Waals surface area contributed by atoms with Gasteiger partial charge >= 0.3 is 0 Å². The number of methoxy groups -OCH3 is 1. The molecule has 5 heteroatoms. The third-order valence-corrected chi connectivity index (χ3v) is 2.97. The maximum Gasteiger partial charge on any atom is 0.165 e. The van der Waals surface area contributed by atoms with Crippen molar-refractivity contribution in [1.82, 2.24) is 0 Å². The lowest BCUT2D eigenvalue weighted by molar-refractivity contribution is 0.415. The summed E-state index contributed by atoms with van der Waals surface area (Å²) in [6.45, 7) is 0.433. The van der Waals surface area contributed by atoms with Gasteiger partial charge in [-0.1, -0.05) is 17.7 Å². The second-order valence-corrected chi connectivity index (χ2v) is 4.40. The number of hydrogen-bond acceptors (Lipinski definition) is 3. The Balaban J connectivity index is 2.07. The molecule has 0 heterocycles. The number of phenolic OH excluding ortho intramolecular Hbond substituents is 1. The second kappa shape index (κ2) is 5.80. The average molecular weight is 282 g/mol. The molecule has 0 aliphatic heterocycles. The molecule has 0 saturated carbocycles. The zero-order chi connectivity index (χ0) is 13.8. The van der Waals surface area contributed by atoms with E-state index in [1.54, 1.807) is 25.3 Å². The standard InChI is InChI=1S/C14H13ClFNO2/c1-19-14-7-10(3-4-11(14)15)17-8-9-2-5-13(18)12(16)6-9/h2-7,17-18H,8H2,1H3. The van der Waals surface area contributed by atoms with E-state index in [1.807, 2.05) is 6.07 Å². The van der Waals surface area contributed by atoms with E-state index < -0.39 is 5.82 Å². The van der Waals surface area contributed by atoms with E-state index in [4.69, 9.17) is 21.4 Å². The Morgan fingerprint density at radius 3 is 2.74 bits per heavy atom. The zero-order valence-electron chi connectivity index (χ0n) is 10.3. The summed E-state index contributed by atoms with van der Waals surface area (Å²) in [6, 6.07) is 9.56. The number of aromatic hydroxyl groups is 1. The number of halogens is 2. The van der Waals surface area contributed by atoms with Gasteiger partial charge in [-0.25, -0.2) is 4.39 Å². The van der Waals surface area contributed by atoms with Gasteiger partial charge in [0.1, 0.15) is 5.75 Å². The van der Waals surface area contributed by atoms with E-state index in [2.05, 4.69) is 5.32 Å². The van der Waals surface area contributed by atoms with Crippen LogP contribution in [-0.2, 0) is 6.54 Å². The van der Waals surface area contributed by atoms with Crippen molar-refractivity contribution in [2.75, 3.05) is 12.4 Å². The molecule has 0 saturated heterocycles. The summed E-state index contributed by atoms with van der Waals surface area (Å²) in [5, 5.41) is 12.8. The largest absolute Gasteiger partial charge is 0.505 e. The average Bonchev–Trinajstić information content (AvgIpc) is 2.41. The van der Waals surface area contributed by atoms with Crippen molar-refractivity contribution in [3.63, 3.8) is 0 Å². The highest BCUT2D eigenvalue weighted by atomic mass is 35.5. The highest BCUT2D eigenvalue weighted by Crippen LogP contribution is 2.27. The molecule has 0 aromatic heterocycles. The van der Waals surface area contributed by atoms with Crippen LogP contribution in [0.15, 0.2) is 36.4 Å². The van der Waals surface area contributed by atoms with Crippen LogP contribution in [0.3, 0.4) is 0 Å². The molecule has 0 aliphatic rings. The first-order valence-electron chi connectivity index (χ1n) is 5.65. The van der Waals surface area contributed by atoms with Crippen LogP contribution in [0.5, 0.6) is 11.5 Å². The fourth-order valence-corrected chi connectivity index (χ4v) is 1.83. The van der Waals surface area contributed by atoms with Gasteiger partial charge in [-0.05, 0) is 29.8 Å². The second-order valence-electron chi connectivity index (χ2n) is 3.99. The van der Waals surface area contributed by atoms with Gasteiger partial charge in [0.05, 0.1) is 12.1 Å². The van der Waals surface area contributed by atoms with E-state index in [-0.39, 0.29) is 5.75 Å². The van der Waals surface area contributed by atoms with Crippen LogP contribution in [0, 0.1) is 5.82 Å². The lowest BCUT2D eigenvalue weighted by Gasteiger charge is -2.09. The monoisotopic (exact) mass is 281 g/mol. The van der Waals surface area contributed by atoms with Crippen LogP contribution >= 0.6 is 11.6 Å². The summed E-state index contributed by atoms with van der Waals surface area (Å²) in [5.41, 5.74) is 1.54. The van der Waals surface area contributed by atoms with Crippen LogP contribution in [-0.4, -0.2) is 12.2 Å². The predicted molar refractivity (Wildman–Crippen MR) is 73.4 cm³/mol. The first-order chi connectivity index (χ1) is 9.10. The van der Waals surface area contributed by atoms with Crippen LogP contribution in [0.2, 0.25) is 5.02 Å². The van der Waals surface area contributed by atoms with Crippen molar-refractivity contribution in [2.45, 2.75) is 6.54 Å². The van der Waals surface area contributed by atoms with Gasteiger partial charge in [-0.3, -0.25) is 0 Å². The maximum atomic E-state index is 13.2. The lowest BCUT2D eigenvalue weighted by atomic mass is 10.2. The molecule has 0 bridgehead atoms. The fourth-order valence-electron chi connectivity index (χ4n) is 1.63. The Bertz CT molecular complexity index is 590. The quantitative estimate of drug-likeness (QED) is 0.895. The molecule has 2 aromatic carbocycles. The molecule has 0 atom stereocenters. The Kier molecular flexibility index (Phi) is 4.12. The molecule has 0 radical (unpaired) electrons. The number of benzene rings is 2. The Labute approximate surface area is 115 Å². The minimum Gasteiger partial charge on any atom is -0.505 e. The summed E-state index contributed by atoms with van der Waals surface area (Å²) >= 11 is 5.92. The van der Waals surface area contributed by atoms with Crippen LogP contribution < -0.4 is 10.1 Å². The van der Waals surface area contributed by atoms with E-state index >= 15 is 0 Å². The van der Waals surface area contributed by atoms with Crippen LogP contribution in [0.25, 0.3) is 0 Å². The van der Waals surface area contributed by atoms with Crippen LogP contribution in [0.1, 0.15) is 5.56 Å². The number of phenols is 1. The van der Waals surface area contributed by atoms with Crippen molar-refractivity contribution in [2.24, 2.45) is 0 Å². The van der Waals surface area contributed by atoms with Gasteiger partial charge in [-0.2, -0.15) is 0 Å². The normalized spacial score (nSPS) is 10.3. The molecule has 0 fully saturated rings. The first-order valence-corrected chi connectivity index (χ1v) is 6.03. The van der Waals surface area contributed by atoms with E-state index in [9.17, 15) is 4.39 Å². The molecular formula is C14H13ClFNO2. The van der Waals surface area contributed by atoms with E-state index in [1.165, 1.54) is 12.1 Å². The molecule has 100 valence electrons. The van der Waals surface area contributed by atoms with Crippen molar-refractivity contribution in [3.05, 3.63) is 52.8 Å². The summed E-state index contributed by atoms with van der Waals surface area (Å²) < 4.78 is 18.3. The van der Waals surface area contributed by atoms with Gasteiger partial charge in [0.25, 0.3) is 0 Å². The fraction of sp³-hybridized carbons (Fsp3) is 0.143. The van der Waals surface area contributed by atoms with Gasteiger partial charge in [-0.15, -0.1) is 0 Å². The number of anilines is 1. The van der Waals surface area contributed by atoms with Crippen molar-refractivity contribution >= 4 is 17.3 Å².